The van der Waals surface area contributed by atoms with Crippen molar-refractivity contribution in [1.29, 1.82) is 5.26 Å². The van der Waals surface area contributed by atoms with Gasteiger partial charge in [-0.15, -0.1) is 11.6 Å². The number of nitriles is 1. The first kappa shape index (κ1) is 36.9. The van der Waals surface area contributed by atoms with Gasteiger partial charge in [-0.2, -0.15) is 13.7 Å². The molecule has 2 aliphatic heterocycles. The fraction of sp³-hybridized carbons (Fsp3) is 0.194. The molecule has 0 bridgehead atoms. The molecule has 2 aliphatic rings. The van der Waals surface area contributed by atoms with Crippen molar-refractivity contribution in [3.05, 3.63) is 113 Å². The minimum Gasteiger partial charge on any atom is -0.399 e. The maximum Gasteiger partial charge on any atom is 0.294 e. The van der Waals surface area contributed by atoms with E-state index in [4.69, 9.17) is 29.6 Å². The number of benzene rings is 3. The predicted molar refractivity (Wildman–Crippen MR) is 200 cm³/mol. The van der Waals surface area contributed by atoms with Gasteiger partial charge in [0.1, 0.15) is 11.5 Å². The number of anilines is 4. The normalized spacial score (nSPS) is 17.4. The van der Waals surface area contributed by atoms with Crippen LogP contribution in [0.3, 0.4) is 0 Å². The fourth-order valence-electron chi connectivity index (χ4n) is 5.95. The molecule has 1 fully saturated rings. The predicted octanol–water partition coefficient (Wildman–Crippen LogP) is 4.96. The summed E-state index contributed by atoms with van der Waals surface area (Å²) in [7, 11) is -4.47. The van der Waals surface area contributed by atoms with Gasteiger partial charge >= 0.3 is 0 Å². The number of nitrogens with zero attached hydrogens (tertiary/aromatic N) is 4. The molecule has 2 heterocycles. The molecule has 0 aromatic heterocycles. The summed E-state index contributed by atoms with van der Waals surface area (Å²) in [6.45, 7) is 4.59. The molecule has 1 saturated heterocycles. The third-order valence-corrected chi connectivity index (χ3v) is 9.86. The Labute approximate surface area is 305 Å². The van der Waals surface area contributed by atoms with Crippen LogP contribution in [0.5, 0.6) is 0 Å². The van der Waals surface area contributed by atoms with Crippen molar-refractivity contribution in [2.45, 2.75) is 30.6 Å². The summed E-state index contributed by atoms with van der Waals surface area (Å²) in [5.74, 6) is -1.83. The molecule has 5 rings (SSSR count). The number of hydrogen-bond acceptors (Lipinski definition) is 9. The van der Waals surface area contributed by atoms with Crippen LogP contribution < -0.4 is 25.8 Å². The number of nitrogens with two attached hydrogens (primary N) is 1. The monoisotopic (exact) mass is 744 g/mol. The molecular formula is C36H33ClN6O6S2. The van der Waals surface area contributed by atoms with Crippen LogP contribution in [0.25, 0.3) is 0 Å². The summed E-state index contributed by atoms with van der Waals surface area (Å²) in [6.07, 6.45) is 6.88. The smallest absolute Gasteiger partial charge is 0.294 e. The molecule has 0 radical (unpaired) electrons. The Morgan fingerprint density at radius 2 is 1.67 bits per heavy atom. The number of alkyl halides is 1. The Morgan fingerprint density at radius 3 is 2.29 bits per heavy atom. The first-order valence-corrected chi connectivity index (χ1v) is 18.0. The molecule has 4 N–H and O–H groups in total. The van der Waals surface area contributed by atoms with Gasteiger partial charge in [-0.25, -0.2) is 0 Å². The minimum atomic E-state index is -4.47. The van der Waals surface area contributed by atoms with Crippen molar-refractivity contribution in [2.75, 3.05) is 39.4 Å². The van der Waals surface area contributed by atoms with Gasteiger partial charge in [-0.05, 0) is 91.0 Å². The molecule has 3 aromatic rings. The standard InChI is InChI=1S/C36H33ClN6O6S2/c1-36(2)29-20-27(51(47,48)49)14-15-30(29)41(17-7-16-40-32(44)21-37)31(36)13-4-3-12-28-33(45)42(25-10-5-8-23(18-25)22-38)35(50)43(34(28)46)26-11-6-9-24(39)19-26/h3-6,8-15,18-20H,7,16-17,21,39H2,1-2H3,(H,40,44)(H,47,48,49)/b4-3+,28-12-,31-13+. The highest BCUT2D eigenvalue weighted by atomic mass is 35.5. The van der Waals surface area contributed by atoms with E-state index in [0.717, 1.165) is 5.70 Å². The van der Waals surface area contributed by atoms with Gasteiger partial charge in [0.2, 0.25) is 5.91 Å². The lowest BCUT2D eigenvalue weighted by Crippen LogP contribution is -2.57. The maximum atomic E-state index is 13.9. The number of rotatable bonds is 10. The van der Waals surface area contributed by atoms with Crippen molar-refractivity contribution < 1.29 is 27.4 Å². The van der Waals surface area contributed by atoms with E-state index in [0.29, 0.717) is 53.4 Å². The van der Waals surface area contributed by atoms with E-state index < -0.39 is 27.3 Å². The van der Waals surface area contributed by atoms with Crippen LogP contribution in [-0.2, 0) is 29.9 Å². The zero-order chi connectivity index (χ0) is 37.1. The van der Waals surface area contributed by atoms with E-state index in [9.17, 15) is 32.6 Å². The number of nitrogens with one attached hydrogen (secondary N) is 1. The summed E-state index contributed by atoms with van der Waals surface area (Å²) >= 11 is 11.3. The van der Waals surface area contributed by atoms with Gasteiger partial charge in [0.25, 0.3) is 21.9 Å². The zero-order valence-electron chi connectivity index (χ0n) is 27.5. The number of halogens is 1. The van der Waals surface area contributed by atoms with E-state index in [1.54, 1.807) is 60.7 Å². The average molecular weight is 745 g/mol. The number of amides is 3. The Morgan fingerprint density at radius 1 is 1.02 bits per heavy atom. The SMILES string of the molecule is CC1(C)\C(=C/C=C/C=C2\C(=O)N(c3cccc(N)c3)C(=S)N(c3cccc(C#N)c3)C2=O)N(CCCNC(=O)CCl)c2ccc(S(=O)(=O)O)cc21. The van der Waals surface area contributed by atoms with E-state index in [1.807, 2.05) is 24.8 Å². The highest BCUT2D eigenvalue weighted by molar-refractivity contribution is 7.85. The van der Waals surface area contributed by atoms with Crippen molar-refractivity contribution >= 4 is 79.5 Å². The van der Waals surface area contributed by atoms with Crippen LogP contribution in [-0.4, -0.2) is 54.8 Å². The Bertz CT molecular complexity index is 2190. The van der Waals surface area contributed by atoms with Crippen molar-refractivity contribution in [2.24, 2.45) is 0 Å². The fourth-order valence-corrected chi connectivity index (χ4v) is 6.93. The third kappa shape index (κ3) is 7.57. The number of fused-ring (bicyclic) bond motifs is 1. The topological polar surface area (TPSA) is 177 Å². The summed E-state index contributed by atoms with van der Waals surface area (Å²) in [5.41, 5.74) is 8.50. The van der Waals surface area contributed by atoms with Gasteiger partial charge in [0.05, 0.1) is 27.9 Å². The quantitative estimate of drug-likeness (QED) is 0.0489. The lowest BCUT2D eigenvalue weighted by molar-refractivity contribution is -0.121. The molecular weight excluding hydrogens is 712 g/mol. The van der Waals surface area contributed by atoms with Crippen LogP contribution >= 0.6 is 23.8 Å². The molecule has 0 spiro atoms. The molecule has 0 aliphatic carbocycles. The lowest BCUT2D eigenvalue weighted by atomic mass is 9.83. The summed E-state index contributed by atoms with van der Waals surface area (Å²) in [5, 5.41) is 12.1. The number of nitrogen functional groups attached to an aromatic ring is 1. The van der Waals surface area contributed by atoms with Crippen molar-refractivity contribution in [3.63, 3.8) is 0 Å². The first-order chi connectivity index (χ1) is 24.2. The van der Waals surface area contributed by atoms with E-state index in [1.165, 1.54) is 40.2 Å². The summed E-state index contributed by atoms with van der Waals surface area (Å²) in [4.78, 5) is 43.6. The Kier molecular flexibility index (Phi) is 10.8. The highest BCUT2D eigenvalue weighted by Crippen LogP contribution is 2.48. The van der Waals surface area contributed by atoms with Gasteiger partial charge < -0.3 is 16.0 Å². The van der Waals surface area contributed by atoms with Gasteiger partial charge in [0.15, 0.2) is 5.11 Å². The molecule has 3 aromatic carbocycles. The van der Waals surface area contributed by atoms with Gasteiger partial charge in [0, 0.05) is 35.6 Å². The van der Waals surface area contributed by atoms with E-state index >= 15 is 0 Å². The lowest BCUT2D eigenvalue weighted by Gasteiger charge is -2.36. The maximum absolute atomic E-state index is 13.9. The van der Waals surface area contributed by atoms with Crippen LogP contribution in [0.1, 0.15) is 31.4 Å². The Balaban J connectivity index is 1.54. The number of thiocarbonyl (C=S) groups is 1. The zero-order valence-corrected chi connectivity index (χ0v) is 29.9. The van der Waals surface area contributed by atoms with Crippen LogP contribution in [0.2, 0.25) is 0 Å². The van der Waals surface area contributed by atoms with Gasteiger partial charge in [-0.1, -0.05) is 38.1 Å². The second-order valence-electron chi connectivity index (χ2n) is 12.1. The molecule has 51 heavy (non-hydrogen) atoms. The number of carbonyl (C=O) groups is 3. The van der Waals surface area contributed by atoms with Crippen LogP contribution in [0, 0.1) is 11.3 Å². The largest absolute Gasteiger partial charge is 0.399 e. The third-order valence-electron chi connectivity index (χ3n) is 8.40. The highest BCUT2D eigenvalue weighted by Gasteiger charge is 2.42. The molecule has 0 saturated carbocycles. The number of hydrogen-bond donors (Lipinski definition) is 3. The molecule has 15 heteroatoms. The van der Waals surface area contributed by atoms with Crippen LogP contribution in [0.4, 0.5) is 22.7 Å². The first-order valence-electron chi connectivity index (χ1n) is 15.6. The Hall–Kier alpha value is -5.33. The second-order valence-corrected chi connectivity index (χ2v) is 14.2. The number of carbonyl (C=O) groups excluding carboxylic acids is 3. The molecule has 0 atom stereocenters. The minimum absolute atomic E-state index is 0.110. The van der Waals surface area contributed by atoms with E-state index in [-0.39, 0.29) is 27.4 Å². The molecule has 3 amide bonds. The molecule has 262 valence electrons. The average Bonchev–Trinajstić information content (AvgIpc) is 3.30. The van der Waals surface area contributed by atoms with Crippen molar-refractivity contribution in [1.82, 2.24) is 5.32 Å². The van der Waals surface area contributed by atoms with E-state index in [2.05, 4.69) is 5.32 Å². The number of allylic oxidation sites excluding steroid dienone is 5. The summed E-state index contributed by atoms with van der Waals surface area (Å²) in [6, 6.07) is 19.2. The molecule has 0 unspecified atom stereocenters. The van der Waals surface area contributed by atoms with Crippen LogP contribution in [0.15, 0.2) is 107 Å². The summed E-state index contributed by atoms with van der Waals surface area (Å²) < 4.78 is 33.7. The second kappa shape index (κ2) is 14.9. The molecule has 12 nitrogen and oxygen atoms in total. The van der Waals surface area contributed by atoms with Gasteiger partial charge in [-0.3, -0.25) is 28.7 Å². The van der Waals surface area contributed by atoms with Crippen molar-refractivity contribution in [3.8, 4) is 6.07 Å².